The van der Waals surface area contributed by atoms with Gasteiger partial charge in [0.05, 0.1) is 12.9 Å². The van der Waals surface area contributed by atoms with E-state index in [-0.39, 0.29) is 23.4 Å². The molecule has 1 amide bonds. The van der Waals surface area contributed by atoms with Crippen LogP contribution in [-0.2, 0) is 13.9 Å². The van der Waals surface area contributed by atoms with Gasteiger partial charge in [-0.1, -0.05) is 99.6 Å². The summed E-state index contributed by atoms with van der Waals surface area (Å²) in [4.78, 5) is 26.2. The van der Waals surface area contributed by atoms with E-state index in [4.69, 9.17) is 13.9 Å². The maximum Gasteiger partial charge on any atom is 0.261 e. The van der Waals surface area contributed by atoms with Gasteiger partial charge in [0.25, 0.3) is 14.2 Å². The Balaban J connectivity index is 1.39. The first-order valence-corrected chi connectivity index (χ1v) is 16.8. The second-order valence-electron chi connectivity index (χ2n) is 12.1. The van der Waals surface area contributed by atoms with Crippen LogP contribution in [0.15, 0.2) is 104 Å². The van der Waals surface area contributed by atoms with Gasteiger partial charge >= 0.3 is 0 Å². The van der Waals surface area contributed by atoms with Crippen LogP contribution in [0, 0.1) is 0 Å². The van der Waals surface area contributed by atoms with E-state index in [9.17, 15) is 9.90 Å². The summed E-state index contributed by atoms with van der Waals surface area (Å²) in [6, 6.07) is 29.5. The standard InChI is InChI=1S/C34H37N5O5Si/c1-34(2,3)45(24-16-10-6-11-17-24,25-18-12-7-13-19-25)44-28-26(20-40)43-33(29(28)42-4)39-22-37-27-30(35-21-36-31(27)39)38-32(41)23-14-8-5-9-15-23/h5-19,21-22,26,28-29,33,40H,20H2,1-4H3,(H,35,36,38,41)/t26-,28?,29?,33-/m1/s1. The number of rotatable bonds is 9. The van der Waals surface area contributed by atoms with Crippen molar-refractivity contribution >= 4 is 41.6 Å². The molecule has 2 unspecified atom stereocenters. The SMILES string of the molecule is COC1C(O[Si](c2ccccc2)(c2ccccc2)C(C)(C)C)[C@@H](CO)O[C@H]1n1cnc2c(NC(=O)c3ccccc3)ncnc21. The summed E-state index contributed by atoms with van der Waals surface area (Å²) in [6.45, 7) is 6.33. The molecule has 1 aliphatic rings. The molecule has 1 fully saturated rings. The lowest BCUT2D eigenvalue weighted by atomic mass is 10.1. The van der Waals surface area contributed by atoms with Crippen LogP contribution in [0.2, 0.25) is 5.04 Å². The third kappa shape index (κ3) is 5.58. The van der Waals surface area contributed by atoms with Gasteiger partial charge in [-0.05, 0) is 27.5 Å². The van der Waals surface area contributed by atoms with Crippen LogP contribution in [0.5, 0.6) is 0 Å². The zero-order chi connectivity index (χ0) is 31.6. The molecule has 3 aromatic carbocycles. The first-order valence-electron chi connectivity index (χ1n) is 14.9. The summed E-state index contributed by atoms with van der Waals surface area (Å²) in [5.74, 6) is -0.0328. The number of nitrogens with zero attached hydrogens (tertiary/aromatic N) is 4. The number of nitrogens with one attached hydrogen (secondary N) is 1. The Morgan fingerprint density at radius 2 is 1.51 bits per heavy atom. The van der Waals surface area contributed by atoms with Gasteiger partial charge in [0.1, 0.15) is 24.6 Å². The number of methoxy groups -OCH3 is 1. The second kappa shape index (κ2) is 12.6. The van der Waals surface area contributed by atoms with E-state index in [1.54, 1.807) is 42.3 Å². The van der Waals surface area contributed by atoms with Crippen molar-refractivity contribution in [2.75, 3.05) is 19.0 Å². The van der Waals surface area contributed by atoms with Crippen molar-refractivity contribution in [2.24, 2.45) is 0 Å². The number of ether oxygens (including phenoxy) is 2. The Hall–Kier alpha value is -4.26. The van der Waals surface area contributed by atoms with Crippen LogP contribution in [-0.4, -0.2) is 70.9 Å². The molecule has 4 atom stereocenters. The van der Waals surface area contributed by atoms with Gasteiger partial charge in [-0.15, -0.1) is 0 Å². The quantitative estimate of drug-likeness (QED) is 0.237. The molecule has 11 heteroatoms. The van der Waals surface area contributed by atoms with Crippen molar-refractivity contribution < 1.29 is 23.8 Å². The summed E-state index contributed by atoms with van der Waals surface area (Å²) in [5, 5.41) is 15.4. The van der Waals surface area contributed by atoms with Gasteiger partial charge < -0.3 is 24.3 Å². The highest BCUT2D eigenvalue weighted by atomic mass is 28.4. The van der Waals surface area contributed by atoms with E-state index in [2.05, 4.69) is 65.3 Å². The average Bonchev–Trinajstić information content (AvgIpc) is 3.65. The van der Waals surface area contributed by atoms with Gasteiger partial charge in [-0.3, -0.25) is 9.36 Å². The molecular weight excluding hydrogens is 586 g/mol. The van der Waals surface area contributed by atoms with Crippen molar-refractivity contribution in [3.8, 4) is 0 Å². The van der Waals surface area contributed by atoms with E-state index in [1.807, 2.05) is 42.5 Å². The molecule has 0 bridgehead atoms. The van der Waals surface area contributed by atoms with Crippen molar-refractivity contribution in [1.82, 2.24) is 19.5 Å². The average molecular weight is 624 g/mol. The number of carbonyl (C=O) groups is 1. The van der Waals surface area contributed by atoms with Gasteiger partial charge in [0, 0.05) is 12.7 Å². The molecule has 0 aliphatic carbocycles. The maximum absolute atomic E-state index is 12.9. The molecule has 10 nitrogen and oxygen atoms in total. The first kappa shape index (κ1) is 30.7. The first-order chi connectivity index (χ1) is 21.8. The molecule has 232 valence electrons. The van der Waals surface area contributed by atoms with Crippen molar-refractivity contribution in [3.63, 3.8) is 0 Å². The van der Waals surface area contributed by atoms with Crippen LogP contribution in [0.3, 0.4) is 0 Å². The number of carbonyl (C=O) groups excluding carboxylic acids is 1. The molecule has 0 radical (unpaired) electrons. The maximum atomic E-state index is 12.9. The molecular formula is C34H37N5O5Si. The monoisotopic (exact) mass is 623 g/mol. The molecule has 5 aromatic rings. The molecule has 0 saturated carbocycles. The number of aromatic nitrogens is 4. The highest BCUT2D eigenvalue weighted by Gasteiger charge is 2.56. The predicted octanol–water partition coefficient (Wildman–Crippen LogP) is 3.93. The number of imidazole rings is 1. The van der Waals surface area contributed by atoms with Crippen LogP contribution in [0.25, 0.3) is 11.2 Å². The van der Waals surface area contributed by atoms with E-state index in [0.29, 0.717) is 16.7 Å². The number of hydrogen-bond acceptors (Lipinski definition) is 8. The summed E-state index contributed by atoms with van der Waals surface area (Å²) in [6.07, 6.45) is 0.281. The second-order valence-corrected chi connectivity index (χ2v) is 16.3. The molecule has 3 heterocycles. The number of amides is 1. The molecule has 0 spiro atoms. The van der Waals surface area contributed by atoms with E-state index in [0.717, 1.165) is 10.4 Å². The van der Waals surface area contributed by atoms with Gasteiger partial charge in [0.2, 0.25) is 0 Å². The fourth-order valence-corrected chi connectivity index (χ4v) is 11.0. The molecule has 1 aliphatic heterocycles. The third-order valence-electron chi connectivity index (χ3n) is 8.37. The number of benzene rings is 3. The number of aliphatic hydroxyl groups is 1. The number of fused-ring (bicyclic) bond motifs is 1. The normalized spacial score (nSPS) is 20.4. The summed E-state index contributed by atoms with van der Waals surface area (Å²) < 4.78 is 21.8. The molecule has 2 aromatic heterocycles. The fourth-order valence-electron chi connectivity index (χ4n) is 6.27. The van der Waals surface area contributed by atoms with E-state index in [1.165, 1.54) is 6.33 Å². The lowest BCUT2D eigenvalue weighted by Crippen LogP contribution is -2.69. The smallest absolute Gasteiger partial charge is 0.261 e. The number of hydrogen-bond donors (Lipinski definition) is 2. The minimum Gasteiger partial charge on any atom is -0.399 e. The largest absolute Gasteiger partial charge is 0.399 e. The van der Waals surface area contributed by atoms with Crippen LogP contribution in [0.1, 0.15) is 37.4 Å². The van der Waals surface area contributed by atoms with E-state index < -0.39 is 32.9 Å². The van der Waals surface area contributed by atoms with Crippen molar-refractivity contribution in [2.45, 2.75) is 50.3 Å². The highest BCUT2D eigenvalue weighted by molar-refractivity contribution is 6.99. The Morgan fingerprint density at radius 3 is 2.07 bits per heavy atom. The number of anilines is 1. The topological polar surface area (TPSA) is 121 Å². The molecule has 1 saturated heterocycles. The summed E-state index contributed by atoms with van der Waals surface area (Å²) >= 11 is 0. The molecule has 2 N–H and O–H groups in total. The Kier molecular flexibility index (Phi) is 8.62. The lowest BCUT2D eigenvalue weighted by molar-refractivity contribution is -0.0583. The minimum absolute atomic E-state index is 0.276. The summed E-state index contributed by atoms with van der Waals surface area (Å²) in [7, 11) is -1.41. The predicted molar refractivity (Wildman–Crippen MR) is 174 cm³/mol. The van der Waals surface area contributed by atoms with Gasteiger partial charge in [-0.25, -0.2) is 15.0 Å². The minimum atomic E-state index is -3.03. The Labute approximate surface area is 263 Å². The fraction of sp³-hybridized carbons (Fsp3) is 0.294. The number of aliphatic hydroxyl groups excluding tert-OH is 1. The van der Waals surface area contributed by atoms with E-state index >= 15 is 0 Å². The Bertz CT molecular complexity index is 1710. The van der Waals surface area contributed by atoms with Crippen molar-refractivity contribution in [3.05, 3.63) is 109 Å². The molecule has 45 heavy (non-hydrogen) atoms. The third-order valence-corrected chi connectivity index (χ3v) is 13.4. The van der Waals surface area contributed by atoms with Crippen molar-refractivity contribution in [1.29, 1.82) is 0 Å². The van der Waals surface area contributed by atoms with Gasteiger partial charge in [0.15, 0.2) is 23.2 Å². The highest BCUT2D eigenvalue weighted by Crippen LogP contribution is 2.42. The van der Waals surface area contributed by atoms with Crippen LogP contribution in [0.4, 0.5) is 5.82 Å². The van der Waals surface area contributed by atoms with Crippen LogP contribution < -0.4 is 15.7 Å². The van der Waals surface area contributed by atoms with Gasteiger partial charge in [-0.2, -0.15) is 0 Å². The molecule has 6 rings (SSSR count). The Morgan fingerprint density at radius 1 is 0.911 bits per heavy atom. The summed E-state index contributed by atoms with van der Waals surface area (Å²) in [5.41, 5.74) is 1.34. The zero-order valence-electron chi connectivity index (χ0n) is 25.7. The zero-order valence-corrected chi connectivity index (χ0v) is 26.7. The lowest BCUT2D eigenvalue weighted by Gasteiger charge is -2.45. The van der Waals surface area contributed by atoms with Crippen LogP contribution >= 0.6 is 0 Å².